The Morgan fingerprint density at radius 3 is 2.93 bits per heavy atom. The first-order valence-electron chi connectivity index (χ1n) is 5.10. The number of aryl methyl sites for hydroxylation is 1. The summed E-state index contributed by atoms with van der Waals surface area (Å²) >= 11 is 0. The lowest BCUT2D eigenvalue weighted by Crippen LogP contribution is -2.37. The van der Waals surface area contributed by atoms with Gasteiger partial charge in [-0.3, -0.25) is 0 Å². The molecule has 1 aliphatic carbocycles. The van der Waals surface area contributed by atoms with Crippen molar-refractivity contribution in [1.29, 1.82) is 0 Å². The molecule has 0 saturated heterocycles. The van der Waals surface area contributed by atoms with Crippen LogP contribution in [0.5, 0.6) is 0 Å². The van der Waals surface area contributed by atoms with E-state index in [0.717, 1.165) is 19.4 Å². The van der Waals surface area contributed by atoms with Gasteiger partial charge in [-0.05, 0) is 24.0 Å². The van der Waals surface area contributed by atoms with Crippen LogP contribution in [0.1, 0.15) is 17.5 Å². The number of ether oxygens (including phenoxy) is 1. The van der Waals surface area contributed by atoms with Crippen molar-refractivity contribution >= 4 is 0 Å². The summed E-state index contributed by atoms with van der Waals surface area (Å²) in [6.07, 6.45) is 2.26. The molecular formula is C12H17NO. The first-order chi connectivity index (χ1) is 6.82. The quantitative estimate of drug-likeness (QED) is 0.785. The lowest BCUT2D eigenvalue weighted by atomic mass is 9.83. The van der Waals surface area contributed by atoms with Crippen LogP contribution < -0.4 is 5.73 Å². The molecule has 14 heavy (non-hydrogen) atoms. The SMILES string of the molecule is COCC1(CN)CCc2ccccc21. The van der Waals surface area contributed by atoms with E-state index < -0.39 is 0 Å². The van der Waals surface area contributed by atoms with Gasteiger partial charge in [-0.1, -0.05) is 24.3 Å². The molecule has 76 valence electrons. The van der Waals surface area contributed by atoms with E-state index in [1.807, 2.05) is 0 Å². The number of methoxy groups -OCH3 is 1. The maximum Gasteiger partial charge on any atom is 0.0571 e. The van der Waals surface area contributed by atoms with E-state index in [1.165, 1.54) is 11.1 Å². The minimum Gasteiger partial charge on any atom is -0.384 e. The molecule has 1 unspecified atom stereocenters. The van der Waals surface area contributed by atoms with Crippen LogP contribution in [0.15, 0.2) is 24.3 Å². The Kier molecular flexibility index (Phi) is 2.57. The Hall–Kier alpha value is -0.860. The van der Waals surface area contributed by atoms with Gasteiger partial charge in [0.2, 0.25) is 0 Å². The fourth-order valence-electron chi connectivity index (χ4n) is 2.46. The van der Waals surface area contributed by atoms with Crippen LogP contribution in [0, 0.1) is 0 Å². The molecule has 0 spiro atoms. The molecule has 2 heteroatoms. The molecule has 1 aromatic carbocycles. The minimum atomic E-state index is 0.0747. The zero-order valence-electron chi connectivity index (χ0n) is 8.62. The smallest absolute Gasteiger partial charge is 0.0571 e. The van der Waals surface area contributed by atoms with Crippen LogP contribution >= 0.6 is 0 Å². The van der Waals surface area contributed by atoms with Gasteiger partial charge < -0.3 is 10.5 Å². The van der Waals surface area contributed by atoms with Crippen molar-refractivity contribution in [3.8, 4) is 0 Å². The van der Waals surface area contributed by atoms with Gasteiger partial charge >= 0.3 is 0 Å². The van der Waals surface area contributed by atoms with Gasteiger partial charge in [-0.2, -0.15) is 0 Å². The molecule has 0 radical (unpaired) electrons. The van der Waals surface area contributed by atoms with Crippen LogP contribution in [0.2, 0.25) is 0 Å². The molecule has 0 saturated carbocycles. The van der Waals surface area contributed by atoms with Gasteiger partial charge in [0.1, 0.15) is 0 Å². The van der Waals surface area contributed by atoms with Crippen molar-refractivity contribution in [1.82, 2.24) is 0 Å². The highest BCUT2D eigenvalue weighted by Gasteiger charge is 2.37. The molecule has 0 aromatic heterocycles. The summed E-state index contributed by atoms with van der Waals surface area (Å²) in [5.41, 5.74) is 8.80. The number of fused-ring (bicyclic) bond motifs is 1. The second kappa shape index (κ2) is 3.71. The van der Waals surface area contributed by atoms with E-state index in [9.17, 15) is 0 Å². The zero-order valence-corrected chi connectivity index (χ0v) is 8.62. The Morgan fingerprint density at radius 1 is 1.43 bits per heavy atom. The predicted octanol–water partition coefficient (Wildman–Crippen LogP) is 1.48. The van der Waals surface area contributed by atoms with Crippen LogP contribution in [0.3, 0.4) is 0 Å². The summed E-state index contributed by atoms with van der Waals surface area (Å²) in [6, 6.07) is 8.57. The number of hydrogen-bond acceptors (Lipinski definition) is 2. The fraction of sp³-hybridized carbons (Fsp3) is 0.500. The average Bonchev–Trinajstić information content (AvgIpc) is 2.59. The Balaban J connectivity index is 2.39. The number of rotatable bonds is 3. The van der Waals surface area contributed by atoms with E-state index in [1.54, 1.807) is 7.11 Å². The molecule has 1 atom stereocenters. The summed E-state index contributed by atoms with van der Waals surface area (Å²) in [4.78, 5) is 0. The van der Waals surface area contributed by atoms with Crippen molar-refractivity contribution in [3.63, 3.8) is 0 Å². The van der Waals surface area contributed by atoms with Crippen molar-refractivity contribution in [3.05, 3.63) is 35.4 Å². The Bertz CT molecular complexity index is 320. The topological polar surface area (TPSA) is 35.2 Å². The molecule has 0 fully saturated rings. The van der Waals surface area contributed by atoms with Crippen molar-refractivity contribution in [2.75, 3.05) is 20.3 Å². The molecule has 0 amide bonds. The van der Waals surface area contributed by atoms with E-state index in [0.29, 0.717) is 6.54 Å². The summed E-state index contributed by atoms with van der Waals surface area (Å²) < 4.78 is 5.30. The maximum atomic E-state index is 5.89. The number of hydrogen-bond donors (Lipinski definition) is 1. The van der Waals surface area contributed by atoms with Gasteiger partial charge in [0.25, 0.3) is 0 Å². The highest BCUT2D eigenvalue weighted by molar-refractivity contribution is 5.39. The van der Waals surface area contributed by atoms with Crippen LogP contribution in [-0.2, 0) is 16.6 Å². The van der Waals surface area contributed by atoms with Crippen molar-refractivity contribution in [2.45, 2.75) is 18.3 Å². The average molecular weight is 191 g/mol. The lowest BCUT2D eigenvalue weighted by molar-refractivity contribution is 0.133. The standard InChI is InChI=1S/C12H17NO/c1-14-9-12(8-13)7-6-10-4-2-3-5-11(10)12/h2-5H,6-9,13H2,1H3. The van der Waals surface area contributed by atoms with Crippen LogP contribution in [0.25, 0.3) is 0 Å². The van der Waals surface area contributed by atoms with E-state index in [4.69, 9.17) is 10.5 Å². The monoisotopic (exact) mass is 191 g/mol. The molecule has 0 bridgehead atoms. The number of nitrogens with two attached hydrogens (primary N) is 1. The maximum absolute atomic E-state index is 5.89. The van der Waals surface area contributed by atoms with E-state index >= 15 is 0 Å². The van der Waals surface area contributed by atoms with Gasteiger partial charge in [-0.25, -0.2) is 0 Å². The molecule has 0 aliphatic heterocycles. The van der Waals surface area contributed by atoms with Crippen LogP contribution in [0.4, 0.5) is 0 Å². The first-order valence-corrected chi connectivity index (χ1v) is 5.10. The third-order valence-corrected chi connectivity index (χ3v) is 3.27. The normalized spacial score (nSPS) is 25.0. The van der Waals surface area contributed by atoms with Crippen LogP contribution in [-0.4, -0.2) is 20.3 Å². The van der Waals surface area contributed by atoms with Gasteiger partial charge in [0, 0.05) is 19.1 Å². The second-order valence-corrected chi connectivity index (χ2v) is 4.07. The number of benzene rings is 1. The second-order valence-electron chi connectivity index (χ2n) is 4.07. The molecular weight excluding hydrogens is 174 g/mol. The molecule has 2 N–H and O–H groups in total. The summed E-state index contributed by atoms with van der Waals surface area (Å²) in [7, 11) is 1.75. The highest BCUT2D eigenvalue weighted by Crippen LogP contribution is 2.38. The van der Waals surface area contributed by atoms with Gasteiger partial charge in [0.05, 0.1) is 6.61 Å². The van der Waals surface area contributed by atoms with Gasteiger partial charge in [-0.15, -0.1) is 0 Å². The lowest BCUT2D eigenvalue weighted by Gasteiger charge is -2.27. The third-order valence-electron chi connectivity index (χ3n) is 3.27. The molecule has 1 aliphatic rings. The first kappa shape index (κ1) is 9.69. The molecule has 2 rings (SSSR count). The predicted molar refractivity (Wildman–Crippen MR) is 57.4 cm³/mol. The van der Waals surface area contributed by atoms with Gasteiger partial charge in [0.15, 0.2) is 0 Å². The Morgan fingerprint density at radius 2 is 2.21 bits per heavy atom. The summed E-state index contributed by atoms with van der Waals surface area (Å²) in [5, 5.41) is 0. The Labute approximate surface area is 85.1 Å². The highest BCUT2D eigenvalue weighted by atomic mass is 16.5. The molecule has 2 nitrogen and oxygen atoms in total. The van der Waals surface area contributed by atoms with Crippen molar-refractivity contribution in [2.24, 2.45) is 5.73 Å². The largest absolute Gasteiger partial charge is 0.384 e. The molecule has 0 heterocycles. The minimum absolute atomic E-state index is 0.0747. The third kappa shape index (κ3) is 1.35. The van der Waals surface area contributed by atoms with E-state index in [-0.39, 0.29) is 5.41 Å². The molecule has 1 aromatic rings. The van der Waals surface area contributed by atoms with E-state index in [2.05, 4.69) is 24.3 Å². The fourth-order valence-corrected chi connectivity index (χ4v) is 2.46. The van der Waals surface area contributed by atoms with Crippen molar-refractivity contribution < 1.29 is 4.74 Å². The summed E-state index contributed by atoms with van der Waals surface area (Å²) in [6.45, 7) is 1.42. The summed E-state index contributed by atoms with van der Waals surface area (Å²) in [5.74, 6) is 0. The zero-order chi connectivity index (χ0) is 10.0.